The predicted octanol–water partition coefficient (Wildman–Crippen LogP) is 4.96. The van der Waals surface area contributed by atoms with E-state index < -0.39 is 5.54 Å². The highest BCUT2D eigenvalue weighted by molar-refractivity contribution is 8.00. The van der Waals surface area contributed by atoms with Gasteiger partial charge >= 0.3 is 0 Å². The molecule has 1 saturated heterocycles. The molecule has 2 N–H and O–H groups in total. The average Bonchev–Trinajstić information content (AvgIpc) is 3.51. The number of thioether (sulfide) groups is 1. The van der Waals surface area contributed by atoms with Gasteiger partial charge in [-0.05, 0) is 60.5 Å². The van der Waals surface area contributed by atoms with E-state index in [0.29, 0.717) is 28.4 Å². The van der Waals surface area contributed by atoms with Crippen molar-refractivity contribution < 1.29 is 9.18 Å². The molecule has 0 saturated carbocycles. The normalized spacial score (nSPS) is 20.4. The highest BCUT2D eigenvalue weighted by atomic mass is 35.5. The lowest BCUT2D eigenvalue weighted by Gasteiger charge is -2.45. The second-order valence-electron chi connectivity index (χ2n) is 9.04. The number of aryl methyl sites for hydroxylation is 1. The summed E-state index contributed by atoms with van der Waals surface area (Å²) in [5.74, 6) is -0.116. The van der Waals surface area contributed by atoms with Crippen LogP contribution < -0.4 is 15.5 Å². The molecule has 7 nitrogen and oxygen atoms in total. The fraction of sp³-hybridized carbons (Fsp3) is 0.192. The number of hydrogen-bond donors (Lipinski definition) is 2. The lowest BCUT2D eigenvalue weighted by Crippen LogP contribution is -2.60. The zero-order chi connectivity index (χ0) is 24.9. The molecule has 2 atom stereocenters. The van der Waals surface area contributed by atoms with Gasteiger partial charge in [-0.3, -0.25) is 9.36 Å². The van der Waals surface area contributed by atoms with E-state index in [9.17, 15) is 9.18 Å². The minimum atomic E-state index is -0.842. The summed E-state index contributed by atoms with van der Waals surface area (Å²) < 4.78 is 16.1. The Morgan fingerprint density at radius 3 is 2.78 bits per heavy atom. The molecule has 0 spiro atoms. The quantitative estimate of drug-likeness (QED) is 0.396. The third-order valence-electron chi connectivity index (χ3n) is 6.60. The molecule has 2 aliphatic rings. The average molecular weight is 521 g/mol. The molecule has 1 aromatic heterocycles. The van der Waals surface area contributed by atoms with Crippen LogP contribution in [0.1, 0.15) is 21.5 Å². The van der Waals surface area contributed by atoms with Crippen molar-refractivity contribution in [3.63, 3.8) is 0 Å². The molecule has 36 heavy (non-hydrogen) atoms. The Bertz CT molecular complexity index is 1460. The van der Waals surface area contributed by atoms with E-state index in [2.05, 4.69) is 50.9 Å². The molecular weight excluding hydrogens is 499 g/mol. The Balaban J connectivity index is 1.36. The van der Waals surface area contributed by atoms with Crippen molar-refractivity contribution in [2.75, 3.05) is 22.5 Å². The first-order valence-corrected chi connectivity index (χ1v) is 12.8. The van der Waals surface area contributed by atoms with Crippen LogP contribution in [0.5, 0.6) is 0 Å². The molecule has 10 heteroatoms. The topological polar surface area (TPSA) is 75.1 Å². The standard InChI is InChI=1S/C26H22ClFN6OS/c1-16-5-8-23-22(9-16)31-25-34(23)12-26(13-36-25,17-3-2-4-18(28)10-17)32-24(35)20-7-6-19(11-21(20)27)33-14-29-30-15-33/h2-11,14-15,25,31H,12-13H2,1H3,(H,32,35)/t25?,26-/m0/s1. The molecule has 182 valence electrons. The number of amides is 1. The molecule has 0 aliphatic carbocycles. The number of nitrogens with one attached hydrogen (secondary N) is 2. The Morgan fingerprint density at radius 2 is 2.00 bits per heavy atom. The minimum absolute atomic E-state index is 0.0343. The molecule has 4 aromatic rings. The smallest absolute Gasteiger partial charge is 0.253 e. The summed E-state index contributed by atoms with van der Waals surface area (Å²) in [5.41, 5.74) is 4.27. The fourth-order valence-electron chi connectivity index (χ4n) is 4.79. The van der Waals surface area contributed by atoms with Gasteiger partial charge in [0.2, 0.25) is 0 Å². The molecule has 3 heterocycles. The molecule has 1 fully saturated rings. The number of rotatable bonds is 4. The summed E-state index contributed by atoms with van der Waals surface area (Å²) in [4.78, 5) is 15.8. The van der Waals surface area contributed by atoms with E-state index in [-0.39, 0.29) is 17.2 Å². The number of benzene rings is 3. The first kappa shape index (κ1) is 22.9. The van der Waals surface area contributed by atoms with Gasteiger partial charge < -0.3 is 15.5 Å². The third kappa shape index (κ3) is 3.98. The minimum Gasteiger partial charge on any atom is -0.355 e. The van der Waals surface area contributed by atoms with Crippen molar-refractivity contribution in [1.29, 1.82) is 0 Å². The lowest BCUT2D eigenvalue weighted by atomic mass is 9.89. The molecule has 0 radical (unpaired) electrons. The number of hydrogen-bond acceptors (Lipinski definition) is 6. The van der Waals surface area contributed by atoms with E-state index >= 15 is 0 Å². The van der Waals surface area contributed by atoms with Gasteiger partial charge in [-0.25, -0.2) is 4.39 Å². The molecule has 2 aliphatic heterocycles. The number of carbonyl (C=O) groups excluding carboxylic acids is 1. The highest BCUT2D eigenvalue weighted by Gasteiger charge is 2.46. The molecule has 0 bridgehead atoms. The first-order chi connectivity index (χ1) is 17.4. The number of carbonyl (C=O) groups is 1. The summed E-state index contributed by atoms with van der Waals surface area (Å²) in [5, 5.41) is 14.7. The first-order valence-electron chi connectivity index (χ1n) is 11.4. The van der Waals surface area contributed by atoms with Gasteiger partial charge in [0.15, 0.2) is 0 Å². The van der Waals surface area contributed by atoms with Gasteiger partial charge in [0.1, 0.15) is 24.0 Å². The molecular formula is C26H22ClFN6OS. The third-order valence-corrected chi connectivity index (χ3v) is 8.26. The van der Waals surface area contributed by atoms with Gasteiger partial charge in [-0.1, -0.05) is 29.8 Å². The van der Waals surface area contributed by atoms with Crippen molar-refractivity contribution >= 4 is 40.6 Å². The second kappa shape index (κ2) is 8.83. The van der Waals surface area contributed by atoms with Gasteiger partial charge in [0.25, 0.3) is 5.91 Å². The van der Waals surface area contributed by atoms with Crippen LogP contribution in [0.4, 0.5) is 15.8 Å². The maximum atomic E-state index is 14.4. The molecule has 1 unspecified atom stereocenters. The summed E-state index contributed by atoms with van der Waals surface area (Å²) >= 11 is 8.22. The molecule has 6 rings (SSSR count). The van der Waals surface area contributed by atoms with Crippen LogP contribution in [0.2, 0.25) is 5.02 Å². The Morgan fingerprint density at radius 1 is 1.17 bits per heavy atom. The number of nitrogens with zero attached hydrogens (tertiary/aromatic N) is 4. The maximum absolute atomic E-state index is 14.4. The van der Waals surface area contributed by atoms with E-state index in [0.717, 1.165) is 17.1 Å². The van der Waals surface area contributed by atoms with Gasteiger partial charge in [-0.2, -0.15) is 0 Å². The van der Waals surface area contributed by atoms with Gasteiger partial charge in [0.05, 0.1) is 27.5 Å². The highest BCUT2D eigenvalue weighted by Crippen LogP contribution is 2.46. The Labute approximate surface area is 216 Å². The van der Waals surface area contributed by atoms with Crippen molar-refractivity contribution in [3.05, 3.63) is 101 Å². The van der Waals surface area contributed by atoms with Crippen molar-refractivity contribution in [2.45, 2.75) is 18.0 Å². The van der Waals surface area contributed by atoms with E-state index in [4.69, 9.17) is 11.6 Å². The summed E-state index contributed by atoms with van der Waals surface area (Å²) in [6.45, 7) is 2.53. The Hall–Kier alpha value is -3.56. The SMILES string of the molecule is Cc1ccc2c(c1)NC1SC[C@](NC(=O)c3ccc(-n4cnnc4)cc3Cl)(c3cccc(F)c3)CN21. The number of fused-ring (bicyclic) bond motifs is 3. The van der Waals surface area contributed by atoms with Crippen molar-refractivity contribution in [1.82, 2.24) is 20.1 Å². The van der Waals surface area contributed by atoms with Crippen molar-refractivity contribution in [2.24, 2.45) is 0 Å². The zero-order valence-electron chi connectivity index (χ0n) is 19.3. The van der Waals surface area contributed by atoms with Gasteiger partial charge in [0, 0.05) is 18.0 Å². The molecule has 3 aromatic carbocycles. The predicted molar refractivity (Wildman–Crippen MR) is 140 cm³/mol. The van der Waals surface area contributed by atoms with E-state index in [1.807, 2.05) is 6.07 Å². The van der Waals surface area contributed by atoms with Crippen LogP contribution in [0.15, 0.2) is 73.3 Å². The van der Waals surface area contributed by atoms with E-state index in [1.165, 1.54) is 17.7 Å². The van der Waals surface area contributed by atoms with Gasteiger partial charge in [-0.15, -0.1) is 22.0 Å². The number of aromatic nitrogens is 3. The second-order valence-corrected chi connectivity index (χ2v) is 10.5. The monoisotopic (exact) mass is 520 g/mol. The summed E-state index contributed by atoms with van der Waals surface area (Å²) in [7, 11) is 0. The zero-order valence-corrected chi connectivity index (χ0v) is 20.9. The number of anilines is 2. The number of halogens is 2. The summed E-state index contributed by atoms with van der Waals surface area (Å²) in [6, 6.07) is 17.9. The van der Waals surface area contributed by atoms with E-state index in [1.54, 1.807) is 53.2 Å². The van der Waals surface area contributed by atoms with Crippen LogP contribution >= 0.6 is 23.4 Å². The largest absolute Gasteiger partial charge is 0.355 e. The van der Waals surface area contributed by atoms with Crippen LogP contribution in [0, 0.1) is 12.7 Å². The maximum Gasteiger partial charge on any atom is 0.253 e. The van der Waals surface area contributed by atoms with Crippen LogP contribution in [0.25, 0.3) is 5.69 Å². The molecule has 1 amide bonds. The summed E-state index contributed by atoms with van der Waals surface area (Å²) in [6.07, 6.45) is 3.12. The lowest BCUT2D eigenvalue weighted by molar-refractivity contribution is 0.0907. The van der Waals surface area contributed by atoms with Crippen LogP contribution in [-0.2, 0) is 5.54 Å². The van der Waals surface area contributed by atoms with Crippen LogP contribution in [0.3, 0.4) is 0 Å². The fourth-order valence-corrected chi connectivity index (χ4v) is 6.40. The van der Waals surface area contributed by atoms with Crippen LogP contribution in [-0.4, -0.2) is 38.5 Å². The van der Waals surface area contributed by atoms with Crippen molar-refractivity contribution in [3.8, 4) is 5.69 Å². The Kier molecular flexibility index (Phi) is 5.61.